The summed E-state index contributed by atoms with van der Waals surface area (Å²) in [5.74, 6) is 0. The molecule has 2 nitrogen and oxygen atoms in total. The van der Waals surface area contributed by atoms with Crippen molar-refractivity contribution in [2.24, 2.45) is 0 Å². The molecule has 2 heterocycles. The maximum atomic E-state index is 2.45. The van der Waals surface area contributed by atoms with Crippen LogP contribution in [0.15, 0.2) is 243 Å². The summed E-state index contributed by atoms with van der Waals surface area (Å²) in [7, 11) is 0. The van der Waals surface area contributed by atoms with Gasteiger partial charge in [0.15, 0.2) is 0 Å². The monoisotopic (exact) mass is 788 g/mol. The van der Waals surface area contributed by atoms with Gasteiger partial charge in [0.2, 0.25) is 0 Å². The fourth-order valence-corrected chi connectivity index (χ4v) is 9.51. The van der Waals surface area contributed by atoms with Gasteiger partial charge < -0.3 is 9.13 Å². The van der Waals surface area contributed by atoms with Crippen molar-refractivity contribution in [3.8, 4) is 67.0 Å². The fourth-order valence-electron chi connectivity index (χ4n) is 9.51. The molecule has 290 valence electrons. The van der Waals surface area contributed by atoms with E-state index >= 15 is 0 Å². The molecule has 12 aromatic rings. The molecule has 0 amide bonds. The van der Waals surface area contributed by atoms with E-state index in [2.05, 4.69) is 252 Å². The van der Waals surface area contributed by atoms with Crippen molar-refractivity contribution in [1.29, 1.82) is 0 Å². The lowest BCUT2D eigenvalue weighted by Gasteiger charge is -2.15. The van der Waals surface area contributed by atoms with Crippen LogP contribution >= 0.6 is 0 Å². The number of fused-ring (bicyclic) bond motifs is 6. The predicted molar refractivity (Wildman–Crippen MR) is 262 cm³/mol. The van der Waals surface area contributed by atoms with Crippen LogP contribution in [0.1, 0.15) is 0 Å². The Hall–Kier alpha value is -8.20. The van der Waals surface area contributed by atoms with Crippen molar-refractivity contribution >= 4 is 43.6 Å². The highest BCUT2D eigenvalue weighted by atomic mass is 15.0. The van der Waals surface area contributed by atoms with E-state index in [4.69, 9.17) is 0 Å². The minimum atomic E-state index is 1.13. The van der Waals surface area contributed by atoms with Crippen molar-refractivity contribution in [1.82, 2.24) is 9.13 Å². The molecule has 0 aliphatic carbocycles. The van der Waals surface area contributed by atoms with Crippen LogP contribution in [0.25, 0.3) is 111 Å². The van der Waals surface area contributed by atoms with E-state index in [-0.39, 0.29) is 0 Å². The third kappa shape index (κ3) is 6.12. The molecule has 0 fully saturated rings. The minimum absolute atomic E-state index is 1.13. The summed E-state index contributed by atoms with van der Waals surface area (Å²) in [6.45, 7) is 0. The fraction of sp³-hybridized carbons (Fsp3) is 0. The summed E-state index contributed by atoms with van der Waals surface area (Å²) in [6, 6.07) is 88.5. The maximum absolute atomic E-state index is 2.45. The average molecular weight is 789 g/mol. The van der Waals surface area contributed by atoms with E-state index in [0.717, 1.165) is 11.4 Å². The zero-order chi connectivity index (χ0) is 41.0. The number of para-hydroxylation sites is 2. The molecule has 10 aromatic carbocycles. The Morgan fingerprint density at radius 1 is 0.177 bits per heavy atom. The van der Waals surface area contributed by atoms with Crippen LogP contribution in [0.2, 0.25) is 0 Å². The molecule has 2 heteroatoms. The van der Waals surface area contributed by atoms with E-state index in [9.17, 15) is 0 Å². The molecule has 0 spiro atoms. The van der Waals surface area contributed by atoms with Crippen LogP contribution in [-0.2, 0) is 0 Å². The van der Waals surface area contributed by atoms with Gasteiger partial charge in [-0.3, -0.25) is 0 Å². The molecular formula is C60H40N2. The molecule has 0 unspecified atom stereocenters. The largest absolute Gasteiger partial charge is 0.309 e. The van der Waals surface area contributed by atoms with Gasteiger partial charge in [-0.2, -0.15) is 0 Å². The third-order valence-corrected chi connectivity index (χ3v) is 12.5. The van der Waals surface area contributed by atoms with Gasteiger partial charge in [0.05, 0.1) is 22.1 Å². The third-order valence-electron chi connectivity index (χ3n) is 12.5. The van der Waals surface area contributed by atoms with Crippen LogP contribution < -0.4 is 0 Å². The normalized spacial score (nSPS) is 11.5. The van der Waals surface area contributed by atoms with E-state index in [1.807, 2.05) is 0 Å². The van der Waals surface area contributed by atoms with Crippen molar-refractivity contribution in [3.63, 3.8) is 0 Å². The van der Waals surface area contributed by atoms with Gasteiger partial charge in [-0.15, -0.1) is 0 Å². The maximum Gasteiger partial charge on any atom is 0.0541 e. The van der Waals surface area contributed by atoms with Gasteiger partial charge in [0.25, 0.3) is 0 Å². The lowest BCUT2D eigenvalue weighted by molar-refractivity contribution is 1.18. The van der Waals surface area contributed by atoms with E-state index < -0.39 is 0 Å². The Morgan fingerprint density at radius 3 is 1.06 bits per heavy atom. The predicted octanol–water partition coefficient (Wildman–Crippen LogP) is 16.2. The van der Waals surface area contributed by atoms with E-state index in [1.165, 1.54) is 99.2 Å². The summed E-state index contributed by atoms with van der Waals surface area (Å²) in [6.07, 6.45) is 0. The number of benzene rings is 10. The summed E-state index contributed by atoms with van der Waals surface area (Å²) >= 11 is 0. The van der Waals surface area contributed by atoms with Gasteiger partial charge in [-0.05, 0) is 122 Å². The Kier molecular flexibility index (Phi) is 8.53. The van der Waals surface area contributed by atoms with E-state index in [1.54, 1.807) is 0 Å². The molecule has 0 atom stereocenters. The van der Waals surface area contributed by atoms with Gasteiger partial charge >= 0.3 is 0 Å². The second-order valence-corrected chi connectivity index (χ2v) is 16.2. The lowest BCUT2D eigenvalue weighted by atomic mass is 9.95. The van der Waals surface area contributed by atoms with Gasteiger partial charge in [0, 0.05) is 32.9 Å². The number of aromatic nitrogens is 2. The van der Waals surface area contributed by atoms with Gasteiger partial charge in [-0.25, -0.2) is 0 Å². The second kappa shape index (κ2) is 14.8. The molecule has 0 aliphatic heterocycles. The highest BCUT2D eigenvalue weighted by Gasteiger charge is 2.18. The van der Waals surface area contributed by atoms with Gasteiger partial charge in [0.1, 0.15) is 0 Å². The molecule has 62 heavy (non-hydrogen) atoms. The topological polar surface area (TPSA) is 9.86 Å². The Labute approximate surface area is 360 Å². The van der Waals surface area contributed by atoms with Crippen LogP contribution in [0, 0.1) is 0 Å². The van der Waals surface area contributed by atoms with Crippen LogP contribution in [0.3, 0.4) is 0 Å². The first kappa shape index (κ1) is 35.7. The molecule has 2 aromatic heterocycles. The van der Waals surface area contributed by atoms with Crippen molar-refractivity contribution in [3.05, 3.63) is 243 Å². The zero-order valence-corrected chi connectivity index (χ0v) is 34.0. The Bertz CT molecular complexity index is 3600. The summed E-state index contributed by atoms with van der Waals surface area (Å²) in [5, 5.41) is 4.95. The van der Waals surface area contributed by atoms with Crippen molar-refractivity contribution < 1.29 is 0 Å². The smallest absolute Gasteiger partial charge is 0.0541 e. The van der Waals surface area contributed by atoms with Crippen molar-refractivity contribution in [2.75, 3.05) is 0 Å². The van der Waals surface area contributed by atoms with Crippen molar-refractivity contribution in [2.45, 2.75) is 0 Å². The number of nitrogens with zero attached hydrogens (tertiary/aromatic N) is 2. The second-order valence-electron chi connectivity index (χ2n) is 16.2. The quantitative estimate of drug-likeness (QED) is 0.152. The Balaban J connectivity index is 1.06. The first-order chi connectivity index (χ1) is 30.7. The number of hydrogen-bond acceptors (Lipinski definition) is 0. The molecule has 0 saturated carbocycles. The summed E-state index contributed by atoms with van der Waals surface area (Å²) in [4.78, 5) is 0. The summed E-state index contributed by atoms with van der Waals surface area (Å²) in [5.41, 5.74) is 19.0. The molecule has 0 bridgehead atoms. The van der Waals surface area contributed by atoms with E-state index in [0.29, 0.717) is 0 Å². The first-order valence-electron chi connectivity index (χ1n) is 21.3. The molecular weight excluding hydrogens is 749 g/mol. The van der Waals surface area contributed by atoms with Crippen LogP contribution in [-0.4, -0.2) is 9.13 Å². The molecule has 0 saturated heterocycles. The lowest BCUT2D eigenvalue weighted by Crippen LogP contribution is -1.96. The molecule has 0 aliphatic rings. The summed E-state index contributed by atoms with van der Waals surface area (Å²) < 4.78 is 4.87. The Morgan fingerprint density at radius 2 is 0.516 bits per heavy atom. The first-order valence-corrected chi connectivity index (χ1v) is 21.3. The SMILES string of the molecule is c1ccc(-c2ccc(-c3cc(-c4ccc5c(c4)c4ccccc4n5-c4cccc(-c5ccccc5)c4)cc(-n4c5ccccc5c5cc(-c6ccccc6)ccc54)c3)cc2)cc1. The molecule has 0 N–H and O–H groups in total. The minimum Gasteiger partial charge on any atom is -0.309 e. The van der Waals surface area contributed by atoms with Gasteiger partial charge in [-0.1, -0.05) is 176 Å². The number of rotatable bonds is 7. The standard InChI is InChI=1S/C60H40N2/c1-4-15-41(16-5-1)44-27-29-45(30-28-44)49-35-50(38-52(37-49)62-58-26-13-11-24-54(58)55-39-47(31-33-60(55)62)43-19-8-3-9-20-43)48-32-34-59-56(40-48)53-23-10-12-25-57(53)61(59)51-22-14-21-46(36-51)42-17-6-2-7-18-42/h1-40H. The highest BCUT2D eigenvalue weighted by molar-refractivity contribution is 6.12. The number of hydrogen-bond donors (Lipinski definition) is 0. The average Bonchev–Trinajstić information content (AvgIpc) is 3.87. The zero-order valence-electron chi connectivity index (χ0n) is 34.0. The molecule has 0 radical (unpaired) electrons. The van der Waals surface area contributed by atoms with Crippen LogP contribution in [0.4, 0.5) is 0 Å². The molecule has 12 rings (SSSR count). The highest BCUT2D eigenvalue weighted by Crippen LogP contribution is 2.40. The van der Waals surface area contributed by atoms with Crippen LogP contribution in [0.5, 0.6) is 0 Å².